The van der Waals surface area contributed by atoms with Gasteiger partial charge in [-0.25, -0.2) is 0 Å². The van der Waals surface area contributed by atoms with Crippen molar-refractivity contribution in [2.24, 2.45) is 0 Å². The maximum Gasteiger partial charge on any atom is 0.256 e. The van der Waals surface area contributed by atoms with Gasteiger partial charge in [0.1, 0.15) is 0 Å². The van der Waals surface area contributed by atoms with Crippen LogP contribution in [-0.4, -0.2) is 45.2 Å². The Morgan fingerprint density at radius 2 is 1.75 bits per heavy atom. The van der Waals surface area contributed by atoms with E-state index in [-0.39, 0.29) is 11.9 Å². The molecule has 1 heterocycles. The summed E-state index contributed by atoms with van der Waals surface area (Å²) in [7, 11) is 7.26. The fourth-order valence-corrected chi connectivity index (χ4v) is 3.31. The number of nitrogens with zero attached hydrogens (tertiary/aromatic N) is 1. The van der Waals surface area contributed by atoms with Crippen molar-refractivity contribution >= 4 is 22.9 Å². The molecule has 0 fully saturated rings. The van der Waals surface area contributed by atoms with Crippen LogP contribution in [0.15, 0.2) is 42.5 Å². The van der Waals surface area contributed by atoms with Gasteiger partial charge in [-0.3, -0.25) is 4.79 Å². The molecule has 6 nitrogen and oxygen atoms in total. The van der Waals surface area contributed by atoms with Crippen LogP contribution in [0.3, 0.4) is 0 Å². The lowest BCUT2D eigenvalue weighted by Gasteiger charge is -2.14. The van der Waals surface area contributed by atoms with Gasteiger partial charge in [0.05, 0.1) is 19.9 Å². The molecule has 0 aliphatic carbocycles. The number of amides is 1. The second-order valence-corrected chi connectivity index (χ2v) is 7.15. The largest absolute Gasteiger partial charge is 0.493 e. The predicted octanol–water partition coefficient (Wildman–Crippen LogP) is 3.60. The van der Waals surface area contributed by atoms with E-state index in [1.807, 2.05) is 19.1 Å². The van der Waals surface area contributed by atoms with Crippen LogP contribution in [0, 0.1) is 0 Å². The second-order valence-electron chi connectivity index (χ2n) is 7.15. The maximum absolute atomic E-state index is 12.5. The number of carbonyl (C=O) groups is 1. The lowest BCUT2D eigenvalue weighted by molar-refractivity contribution is -0.110. The molecule has 0 aromatic heterocycles. The molecule has 2 aromatic rings. The summed E-state index contributed by atoms with van der Waals surface area (Å²) in [4.78, 5) is 14.6. The van der Waals surface area contributed by atoms with Crippen molar-refractivity contribution in [3.63, 3.8) is 0 Å². The van der Waals surface area contributed by atoms with E-state index in [4.69, 9.17) is 9.47 Å². The highest BCUT2D eigenvalue weighted by molar-refractivity contribution is 6.31. The number of fused-ring (bicyclic) bond motifs is 1. The Labute approximate surface area is 166 Å². The van der Waals surface area contributed by atoms with Crippen LogP contribution in [0.1, 0.15) is 18.1 Å². The molecule has 0 radical (unpaired) electrons. The molecule has 1 amide bonds. The summed E-state index contributed by atoms with van der Waals surface area (Å²) in [6.07, 6.45) is 1.93. The van der Waals surface area contributed by atoms with Gasteiger partial charge in [0.2, 0.25) is 0 Å². The molecule has 0 saturated carbocycles. The third kappa shape index (κ3) is 4.28. The zero-order chi connectivity index (χ0) is 20.3. The normalized spacial score (nSPS) is 15.4. The molecule has 28 heavy (non-hydrogen) atoms. The van der Waals surface area contributed by atoms with E-state index < -0.39 is 0 Å². The Balaban J connectivity index is 1.79. The molecule has 1 aliphatic rings. The summed E-state index contributed by atoms with van der Waals surface area (Å²) in [6, 6.07) is 11.9. The molecule has 6 heteroatoms. The smallest absolute Gasteiger partial charge is 0.256 e. The van der Waals surface area contributed by atoms with Gasteiger partial charge >= 0.3 is 0 Å². The fraction of sp³-hybridized carbons (Fsp3) is 0.318. The first kappa shape index (κ1) is 19.8. The summed E-state index contributed by atoms with van der Waals surface area (Å²) in [6.45, 7) is 2.93. The Morgan fingerprint density at radius 1 is 1.11 bits per heavy atom. The molecule has 0 bridgehead atoms. The molecule has 2 N–H and O–H groups in total. The lowest BCUT2D eigenvalue weighted by Crippen LogP contribution is -2.15. The van der Waals surface area contributed by atoms with E-state index in [0.29, 0.717) is 17.1 Å². The molecule has 1 aliphatic heterocycles. The highest BCUT2D eigenvalue weighted by atomic mass is 16.5. The first-order valence-electron chi connectivity index (χ1n) is 9.21. The first-order valence-corrected chi connectivity index (χ1v) is 9.21. The van der Waals surface area contributed by atoms with Gasteiger partial charge < -0.3 is 25.0 Å². The summed E-state index contributed by atoms with van der Waals surface area (Å²) < 4.78 is 10.7. The third-order valence-corrected chi connectivity index (χ3v) is 4.57. The van der Waals surface area contributed by atoms with E-state index in [9.17, 15) is 4.79 Å². The number of ether oxygens (including phenoxy) is 2. The van der Waals surface area contributed by atoms with Gasteiger partial charge in [0.25, 0.3) is 5.91 Å². The Hall–Kier alpha value is -2.99. The average Bonchev–Trinajstić information content (AvgIpc) is 2.96. The quantitative estimate of drug-likeness (QED) is 0.718. The number of carbonyl (C=O) groups excluding carboxylic acids is 1. The summed E-state index contributed by atoms with van der Waals surface area (Å²) in [5.41, 5.74) is 4.44. The van der Waals surface area contributed by atoms with Crippen molar-refractivity contribution in [2.75, 3.05) is 38.9 Å². The Morgan fingerprint density at radius 3 is 2.36 bits per heavy atom. The van der Waals surface area contributed by atoms with Crippen LogP contribution >= 0.6 is 0 Å². The van der Waals surface area contributed by atoms with Crippen LogP contribution in [0.5, 0.6) is 11.5 Å². The van der Waals surface area contributed by atoms with E-state index in [2.05, 4.69) is 53.9 Å². The predicted molar refractivity (Wildman–Crippen MR) is 113 cm³/mol. The number of anilines is 2. The monoisotopic (exact) mass is 381 g/mol. The van der Waals surface area contributed by atoms with E-state index in [1.165, 1.54) is 5.56 Å². The van der Waals surface area contributed by atoms with Crippen molar-refractivity contribution in [3.05, 3.63) is 53.6 Å². The number of benzene rings is 2. The minimum absolute atomic E-state index is 0.0282. The maximum atomic E-state index is 12.5. The third-order valence-electron chi connectivity index (χ3n) is 4.57. The number of rotatable bonds is 7. The summed E-state index contributed by atoms with van der Waals surface area (Å²) in [5, 5.41) is 6.32. The minimum atomic E-state index is -0.125. The highest BCUT2D eigenvalue weighted by Crippen LogP contribution is 2.40. The molecule has 0 saturated heterocycles. The van der Waals surface area contributed by atoms with Crippen LogP contribution in [0.2, 0.25) is 0 Å². The SMILES string of the molecule is COc1cc2c(cc1OC)C(=CC(C)Nc1ccc(CN(C)C)cc1)C(=O)N2. The van der Waals surface area contributed by atoms with Crippen LogP contribution in [0.25, 0.3) is 5.57 Å². The molecule has 1 atom stereocenters. The molecule has 148 valence electrons. The van der Waals surface area contributed by atoms with Gasteiger partial charge in [-0.05, 0) is 50.9 Å². The van der Waals surface area contributed by atoms with Crippen molar-refractivity contribution in [1.29, 1.82) is 0 Å². The lowest BCUT2D eigenvalue weighted by atomic mass is 10.0. The molecular formula is C22H27N3O3. The zero-order valence-corrected chi connectivity index (χ0v) is 17.0. The molecule has 0 spiro atoms. The van der Waals surface area contributed by atoms with E-state index in [1.54, 1.807) is 20.3 Å². The minimum Gasteiger partial charge on any atom is -0.493 e. The van der Waals surface area contributed by atoms with Gasteiger partial charge in [0, 0.05) is 35.5 Å². The molecular weight excluding hydrogens is 354 g/mol. The average molecular weight is 381 g/mol. The molecule has 1 unspecified atom stereocenters. The Bertz CT molecular complexity index is 889. The van der Waals surface area contributed by atoms with Gasteiger partial charge in [-0.15, -0.1) is 0 Å². The second kappa shape index (κ2) is 8.35. The highest BCUT2D eigenvalue weighted by Gasteiger charge is 2.27. The molecule has 3 rings (SSSR count). The van der Waals surface area contributed by atoms with Crippen LogP contribution in [-0.2, 0) is 11.3 Å². The van der Waals surface area contributed by atoms with Crippen molar-refractivity contribution in [1.82, 2.24) is 4.90 Å². The van der Waals surface area contributed by atoms with Crippen molar-refractivity contribution in [2.45, 2.75) is 19.5 Å². The van der Waals surface area contributed by atoms with Gasteiger partial charge in [0.15, 0.2) is 11.5 Å². The van der Waals surface area contributed by atoms with Crippen LogP contribution in [0.4, 0.5) is 11.4 Å². The first-order chi connectivity index (χ1) is 13.4. The Kier molecular flexibility index (Phi) is 5.90. The van der Waals surface area contributed by atoms with Crippen molar-refractivity contribution < 1.29 is 14.3 Å². The summed E-state index contributed by atoms with van der Waals surface area (Å²) in [5.74, 6) is 1.06. The number of hydrogen-bond acceptors (Lipinski definition) is 5. The van der Waals surface area contributed by atoms with Crippen molar-refractivity contribution in [3.8, 4) is 11.5 Å². The number of methoxy groups -OCH3 is 2. The standard InChI is InChI=1S/C22H27N3O3/c1-14(23-16-8-6-15(7-9-16)13-25(2)3)10-18-17-11-20(27-4)21(28-5)12-19(17)24-22(18)26/h6-12,14,23H,13H2,1-5H3,(H,24,26). The van der Waals surface area contributed by atoms with Crippen LogP contribution < -0.4 is 20.1 Å². The number of nitrogens with one attached hydrogen (secondary N) is 2. The van der Waals surface area contributed by atoms with E-state index in [0.717, 1.165) is 23.5 Å². The van der Waals surface area contributed by atoms with Gasteiger partial charge in [-0.2, -0.15) is 0 Å². The fourth-order valence-electron chi connectivity index (χ4n) is 3.31. The number of hydrogen-bond donors (Lipinski definition) is 2. The zero-order valence-electron chi connectivity index (χ0n) is 17.0. The topological polar surface area (TPSA) is 62.8 Å². The molecule has 2 aromatic carbocycles. The summed E-state index contributed by atoms with van der Waals surface area (Å²) >= 11 is 0. The van der Waals surface area contributed by atoms with E-state index >= 15 is 0 Å². The van der Waals surface area contributed by atoms with Gasteiger partial charge in [-0.1, -0.05) is 12.1 Å².